The van der Waals surface area contributed by atoms with Crippen molar-refractivity contribution in [3.05, 3.63) is 0 Å². The summed E-state index contributed by atoms with van der Waals surface area (Å²) >= 11 is 0. The van der Waals surface area contributed by atoms with Crippen LogP contribution in [0.4, 0.5) is 0 Å². The third-order valence-electron chi connectivity index (χ3n) is 1.92. The number of aliphatic hydroxyl groups is 2. The van der Waals surface area contributed by atoms with Crippen LogP contribution in [0.15, 0.2) is 0 Å². The van der Waals surface area contributed by atoms with Crippen LogP contribution in [0.25, 0.3) is 0 Å². The highest BCUT2D eigenvalue weighted by molar-refractivity contribution is 6.84. The molecule has 0 aliphatic heterocycles. The third kappa shape index (κ3) is 9.89. The Hall–Kier alpha value is 0.234. The van der Waals surface area contributed by atoms with Crippen molar-refractivity contribution in [1.29, 1.82) is 0 Å². The first-order chi connectivity index (χ1) is 7.83. The van der Waals surface area contributed by atoms with Crippen molar-refractivity contribution in [2.24, 2.45) is 0 Å². The Kier molecular flexibility index (Phi) is 8.47. The summed E-state index contributed by atoms with van der Waals surface area (Å²) in [7, 11) is -3.70. The van der Waals surface area contributed by atoms with Gasteiger partial charge >= 0.3 is 0 Å². The molecule has 7 heteroatoms. The maximum Gasteiger partial charge on any atom is 0.199 e. The number of hydrogen-bond acceptors (Lipinski definition) is 5. The largest absolute Gasteiger partial charge is 0.453 e. The summed E-state index contributed by atoms with van der Waals surface area (Å²) in [6.45, 7) is 9.23. The predicted molar refractivity (Wildman–Crippen MR) is 71.9 cm³/mol. The monoisotopic (exact) mass is 282 g/mol. The molecule has 0 rings (SSSR count). The Morgan fingerprint density at radius 2 is 1.12 bits per heavy atom. The van der Waals surface area contributed by atoms with Crippen LogP contribution in [-0.4, -0.2) is 65.7 Å². The van der Waals surface area contributed by atoms with Gasteiger partial charge in [0.2, 0.25) is 0 Å². The molecular weight excluding hydrogens is 256 g/mol. The van der Waals surface area contributed by atoms with Crippen molar-refractivity contribution in [2.75, 3.05) is 38.9 Å². The highest BCUT2D eigenvalue weighted by Gasteiger charge is 2.33. The molecule has 104 valence electrons. The van der Waals surface area contributed by atoms with Crippen LogP contribution in [0.2, 0.25) is 26.2 Å². The topological polar surface area (TPSA) is 68.2 Å². The standard InChI is InChI=1S/C10H26O5Si2/c1-16(2,9-13-7-5-11)15-17(3,4)10-14-8-6-12/h11-12H,5-10H2,1-4H3. The van der Waals surface area contributed by atoms with E-state index in [9.17, 15) is 0 Å². The quantitative estimate of drug-likeness (QED) is 0.451. The van der Waals surface area contributed by atoms with Crippen molar-refractivity contribution >= 4 is 16.6 Å². The molecule has 0 radical (unpaired) electrons. The summed E-state index contributed by atoms with van der Waals surface area (Å²) in [5, 5.41) is 17.3. The lowest BCUT2D eigenvalue weighted by molar-refractivity contribution is 0.108. The average molecular weight is 282 g/mol. The number of hydrogen-bond donors (Lipinski definition) is 2. The second kappa shape index (κ2) is 8.36. The third-order valence-corrected chi connectivity index (χ3v) is 8.14. The van der Waals surface area contributed by atoms with Gasteiger partial charge in [-0.3, -0.25) is 0 Å². The Morgan fingerprint density at radius 3 is 1.41 bits per heavy atom. The van der Waals surface area contributed by atoms with Crippen LogP contribution in [0.1, 0.15) is 0 Å². The molecule has 2 N–H and O–H groups in total. The van der Waals surface area contributed by atoms with E-state index in [1.165, 1.54) is 0 Å². The molecule has 0 aromatic carbocycles. The predicted octanol–water partition coefficient (Wildman–Crippen LogP) is 0.509. The molecule has 0 aliphatic rings. The molecule has 0 atom stereocenters. The minimum absolute atomic E-state index is 0.0465. The van der Waals surface area contributed by atoms with E-state index < -0.39 is 16.6 Å². The number of aliphatic hydroxyl groups excluding tert-OH is 2. The van der Waals surface area contributed by atoms with E-state index in [4.69, 9.17) is 23.8 Å². The Morgan fingerprint density at radius 1 is 0.765 bits per heavy atom. The first-order valence-electron chi connectivity index (χ1n) is 5.90. The Bertz CT molecular complexity index is 179. The van der Waals surface area contributed by atoms with Gasteiger partial charge in [-0.15, -0.1) is 0 Å². The molecule has 0 spiro atoms. The fraction of sp³-hybridized carbons (Fsp3) is 1.00. The summed E-state index contributed by atoms with van der Waals surface area (Å²) in [6.07, 6.45) is 1.17. The van der Waals surface area contributed by atoms with Gasteiger partial charge in [0.25, 0.3) is 0 Å². The summed E-state index contributed by atoms with van der Waals surface area (Å²) in [4.78, 5) is 0. The minimum Gasteiger partial charge on any atom is -0.453 e. The fourth-order valence-electron chi connectivity index (χ4n) is 1.57. The lowest BCUT2D eigenvalue weighted by Gasteiger charge is -2.33. The van der Waals surface area contributed by atoms with Gasteiger partial charge in [0.1, 0.15) is 0 Å². The van der Waals surface area contributed by atoms with Crippen LogP contribution in [0.3, 0.4) is 0 Å². The zero-order valence-corrected chi connectivity index (χ0v) is 13.4. The lowest BCUT2D eigenvalue weighted by atomic mass is 10.8. The fourth-order valence-corrected chi connectivity index (χ4v) is 9.30. The van der Waals surface area contributed by atoms with Crippen molar-refractivity contribution in [2.45, 2.75) is 26.2 Å². The van der Waals surface area contributed by atoms with E-state index in [0.29, 0.717) is 25.7 Å². The summed E-state index contributed by atoms with van der Waals surface area (Å²) in [6, 6.07) is 0. The minimum atomic E-state index is -1.85. The molecule has 0 unspecified atom stereocenters. The highest BCUT2D eigenvalue weighted by Crippen LogP contribution is 2.15. The van der Waals surface area contributed by atoms with Crippen molar-refractivity contribution in [3.8, 4) is 0 Å². The zero-order valence-electron chi connectivity index (χ0n) is 11.4. The number of ether oxygens (including phenoxy) is 2. The molecule has 0 amide bonds. The van der Waals surface area contributed by atoms with Gasteiger partial charge in [-0.05, 0) is 26.2 Å². The molecule has 17 heavy (non-hydrogen) atoms. The molecule has 0 bridgehead atoms. The normalized spacial score (nSPS) is 13.1. The van der Waals surface area contributed by atoms with Gasteiger partial charge in [-0.1, -0.05) is 0 Å². The smallest absolute Gasteiger partial charge is 0.199 e. The number of rotatable bonds is 10. The maximum atomic E-state index is 8.65. The average Bonchev–Trinajstić information content (AvgIpc) is 2.16. The van der Waals surface area contributed by atoms with E-state index >= 15 is 0 Å². The van der Waals surface area contributed by atoms with Crippen molar-refractivity contribution in [1.82, 2.24) is 0 Å². The maximum absolute atomic E-state index is 8.65. The highest BCUT2D eigenvalue weighted by atomic mass is 28.4. The van der Waals surface area contributed by atoms with Crippen LogP contribution < -0.4 is 0 Å². The Labute approximate surface area is 106 Å². The molecule has 0 fully saturated rings. The van der Waals surface area contributed by atoms with Crippen molar-refractivity contribution < 1.29 is 23.8 Å². The Balaban J connectivity index is 3.99. The second-order valence-corrected chi connectivity index (χ2v) is 13.6. The van der Waals surface area contributed by atoms with Gasteiger partial charge in [0.05, 0.1) is 38.9 Å². The van der Waals surface area contributed by atoms with Gasteiger partial charge in [0.15, 0.2) is 16.6 Å². The molecule has 0 aliphatic carbocycles. The molecular formula is C10H26O5Si2. The van der Waals surface area contributed by atoms with E-state index in [1.54, 1.807) is 0 Å². The first-order valence-corrected chi connectivity index (χ1v) is 12.1. The second-order valence-electron chi connectivity index (χ2n) is 5.17. The van der Waals surface area contributed by atoms with E-state index in [2.05, 4.69) is 26.2 Å². The van der Waals surface area contributed by atoms with Crippen LogP contribution in [0.5, 0.6) is 0 Å². The van der Waals surface area contributed by atoms with E-state index in [-0.39, 0.29) is 13.2 Å². The SMILES string of the molecule is C[Si](C)(COCCO)O[Si](C)(C)COCCO. The van der Waals surface area contributed by atoms with Gasteiger partial charge in [0, 0.05) is 0 Å². The first kappa shape index (κ1) is 17.2. The summed E-state index contributed by atoms with van der Waals surface area (Å²) < 4.78 is 16.9. The van der Waals surface area contributed by atoms with Gasteiger partial charge in [-0.25, -0.2) is 0 Å². The molecule has 0 aromatic rings. The van der Waals surface area contributed by atoms with Crippen LogP contribution in [0, 0.1) is 0 Å². The van der Waals surface area contributed by atoms with E-state index in [1.807, 2.05) is 0 Å². The molecule has 0 saturated carbocycles. The van der Waals surface area contributed by atoms with Crippen LogP contribution >= 0.6 is 0 Å². The molecule has 0 saturated heterocycles. The lowest BCUT2D eigenvalue weighted by Crippen LogP contribution is -2.50. The van der Waals surface area contributed by atoms with Crippen LogP contribution in [-0.2, 0) is 13.6 Å². The van der Waals surface area contributed by atoms with E-state index in [0.717, 1.165) is 0 Å². The van der Waals surface area contributed by atoms with Gasteiger partial charge in [-0.2, -0.15) is 0 Å². The summed E-state index contributed by atoms with van der Waals surface area (Å²) in [5.74, 6) is 0. The van der Waals surface area contributed by atoms with Gasteiger partial charge < -0.3 is 23.8 Å². The zero-order chi connectivity index (χ0) is 13.4. The van der Waals surface area contributed by atoms with Crippen molar-refractivity contribution in [3.63, 3.8) is 0 Å². The molecule has 0 aromatic heterocycles. The molecule has 0 heterocycles. The molecule has 5 nitrogen and oxygen atoms in total. The summed E-state index contributed by atoms with van der Waals surface area (Å²) in [5.41, 5.74) is 0.